The van der Waals surface area contributed by atoms with Gasteiger partial charge in [0.2, 0.25) is 5.91 Å². The highest BCUT2D eigenvalue weighted by Crippen LogP contribution is 2.17. The molecule has 0 saturated carbocycles. The molecule has 1 amide bonds. The summed E-state index contributed by atoms with van der Waals surface area (Å²) >= 11 is 0. The molecule has 1 N–H and O–H groups in total. The topological polar surface area (TPSA) is 32.3 Å². The van der Waals surface area contributed by atoms with Crippen molar-refractivity contribution in [3.8, 4) is 0 Å². The molecule has 3 nitrogen and oxygen atoms in total. The smallest absolute Gasteiger partial charge is 0.226 e. The van der Waals surface area contributed by atoms with Crippen LogP contribution in [0, 0.1) is 5.92 Å². The van der Waals surface area contributed by atoms with Gasteiger partial charge in [-0.2, -0.15) is 0 Å². The molecule has 1 saturated heterocycles. The van der Waals surface area contributed by atoms with Crippen molar-refractivity contribution in [3.05, 3.63) is 35.9 Å². The van der Waals surface area contributed by atoms with Gasteiger partial charge < -0.3 is 10.2 Å². The Kier molecular flexibility index (Phi) is 5.40. The van der Waals surface area contributed by atoms with E-state index >= 15 is 0 Å². The molecule has 1 heterocycles. The fourth-order valence-corrected chi connectivity index (χ4v) is 2.67. The average molecular weight is 260 g/mol. The van der Waals surface area contributed by atoms with Crippen molar-refractivity contribution in [2.75, 3.05) is 19.6 Å². The van der Waals surface area contributed by atoms with Crippen molar-refractivity contribution in [1.29, 1.82) is 0 Å². The van der Waals surface area contributed by atoms with Gasteiger partial charge in [0, 0.05) is 19.0 Å². The minimum Gasteiger partial charge on any atom is -0.338 e. The Morgan fingerprint density at radius 1 is 1.26 bits per heavy atom. The first-order chi connectivity index (χ1) is 9.31. The molecule has 1 aromatic rings. The molecule has 0 spiro atoms. The van der Waals surface area contributed by atoms with Gasteiger partial charge >= 0.3 is 0 Å². The van der Waals surface area contributed by atoms with Gasteiger partial charge in [0.1, 0.15) is 0 Å². The summed E-state index contributed by atoms with van der Waals surface area (Å²) in [6.45, 7) is 5.69. The van der Waals surface area contributed by atoms with Gasteiger partial charge in [0.05, 0.1) is 0 Å². The summed E-state index contributed by atoms with van der Waals surface area (Å²) in [5, 5.41) is 3.32. The first-order valence-electron chi connectivity index (χ1n) is 7.34. The first kappa shape index (κ1) is 14.1. The molecule has 0 unspecified atom stereocenters. The van der Waals surface area contributed by atoms with Crippen LogP contribution in [0.2, 0.25) is 0 Å². The van der Waals surface area contributed by atoms with Crippen molar-refractivity contribution in [1.82, 2.24) is 10.2 Å². The highest BCUT2D eigenvalue weighted by atomic mass is 16.2. The van der Waals surface area contributed by atoms with Crippen LogP contribution in [0.5, 0.6) is 0 Å². The normalized spacial score (nSPS) is 16.3. The Morgan fingerprint density at radius 3 is 2.58 bits per heavy atom. The Labute approximate surface area is 116 Å². The van der Waals surface area contributed by atoms with Crippen molar-refractivity contribution in [3.63, 3.8) is 0 Å². The number of hydrogen-bond acceptors (Lipinski definition) is 2. The number of hydrogen-bond donors (Lipinski definition) is 1. The quantitative estimate of drug-likeness (QED) is 0.882. The average Bonchev–Trinajstić information content (AvgIpc) is 2.48. The van der Waals surface area contributed by atoms with E-state index in [0.717, 1.165) is 45.4 Å². The maximum absolute atomic E-state index is 12.6. The molecule has 0 bridgehead atoms. The molecule has 19 heavy (non-hydrogen) atoms. The molecule has 104 valence electrons. The van der Waals surface area contributed by atoms with Crippen LogP contribution >= 0.6 is 0 Å². The second kappa shape index (κ2) is 7.29. The summed E-state index contributed by atoms with van der Waals surface area (Å²) < 4.78 is 0. The van der Waals surface area contributed by atoms with E-state index in [0.29, 0.717) is 5.91 Å². The molecular weight excluding hydrogens is 236 g/mol. The largest absolute Gasteiger partial charge is 0.338 e. The zero-order chi connectivity index (χ0) is 13.5. The summed E-state index contributed by atoms with van der Waals surface area (Å²) in [6.07, 6.45) is 2.98. The number of carbonyl (C=O) groups is 1. The van der Waals surface area contributed by atoms with Crippen LogP contribution in [0.15, 0.2) is 30.3 Å². The van der Waals surface area contributed by atoms with Gasteiger partial charge in [0.25, 0.3) is 0 Å². The Balaban J connectivity index is 2.00. The lowest BCUT2D eigenvalue weighted by Gasteiger charge is -2.29. The van der Waals surface area contributed by atoms with Crippen LogP contribution in [0.25, 0.3) is 0 Å². The van der Waals surface area contributed by atoms with Crippen LogP contribution in [0.1, 0.15) is 31.7 Å². The molecule has 1 aliphatic heterocycles. The third-order valence-corrected chi connectivity index (χ3v) is 3.71. The van der Waals surface area contributed by atoms with Crippen LogP contribution in [-0.4, -0.2) is 30.4 Å². The van der Waals surface area contributed by atoms with Gasteiger partial charge in [-0.05, 0) is 37.9 Å². The monoisotopic (exact) mass is 260 g/mol. The summed E-state index contributed by atoms with van der Waals surface area (Å²) in [5.74, 6) is 0.559. The number of piperidine rings is 1. The Bertz CT molecular complexity index is 385. The fraction of sp³-hybridized carbons (Fsp3) is 0.562. The summed E-state index contributed by atoms with van der Waals surface area (Å²) in [7, 11) is 0. The number of nitrogens with one attached hydrogen (secondary N) is 1. The number of carbonyl (C=O) groups excluding carboxylic acids is 1. The predicted molar refractivity (Wildman–Crippen MR) is 77.7 cm³/mol. The van der Waals surface area contributed by atoms with E-state index in [1.54, 1.807) is 0 Å². The third kappa shape index (κ3) is 4.06. The number of rotatable bonds is 5. The van der Waals surface area contributed by atoms with E-state index in [9.17, 15) is 4.79 Å². The maximum atomic E-state index is 12.6. The molecule has 0 aliphatic carbocycles. The fourth-order valence-electron chi connectivity index (χ4n) is 2.67. The zero-order valence-corrected chi connectivity index (χ0v) is 11.8. The Hall–Kier alpha value is -1.35. The maximum Gasteiger partial charge on any atom is 0.226 e. The van der Waals surface area contributed by atoms with Crippen LogP contribution in [0.4, 0.5) is 0 Å². The molecule has 0 aromatic heterocycles. The molecule has 3 heteroatoms. The second-order valence-electron chi connectivity index (χ2n) is 5.27. The molecule has 1 fully saturated rings. The number of benzene rings is 1. The van der Waals surface area contributed by atoms with Crippen LogP contribution < -0.4 is 5.32 Å². The SMILES string of the molecule is CCCN(Cc1ccccc1)C(=O)C1CCNCC1. The van der Waals surface area contributed by atoms with Crippen molar-refractivity contribution in [2.45, 2.75) is 32.7 Å². The van der Waals surface area contributed by atoms with E-state index in [-0.39, 0.29) is 5.92 Å². The number of amides is 1. The van der Waals surface area contributed by atoms with Crippen molar-refractivity contribution >= 4 is 5.91 Å². The summed E-state index contributed by atoms with van der Waals surface area (Å²) in [6, 6.07) is 10.3. The molecular formula is C16H24N2O. The van der Waals surface area contributed by atoms with E-state index in [2.05, 4.69) is 24.4 Å². The molecule has 2 rings (SSSR count). The Morgan fingerprint density at radius 2 is 1.95 bits per heavy atom. The minimum absolute atomic E-state index is 0.219. The molecule has 0 radical (unpaired) electrons. The van der Waals surface area contributed by atoms with Gasteiger partial charge in [-0.25, -0.2) is 0 Å². The standard InChI is InChI=1S/C16H24N2O/c1-2-12-18(13-14-6-4-3-5-7-14)16(19)15-8-10-17-11-9-15/h3-7,15,17H,2,8-13H2,1H3. The molecule has 1 aromatic carbocycles. The highest BCUT2D eigenvalue weighted by molar-refractivity contribution is 5.79. The minimum atomic E-state index is 0.219. The third-order valence-electron chi connectivity index (χ3n) is 3.71. The highest BCUT2D eigenvalue weighted by Gasteiger charge is 2.25. The van der Waals surface area contributed by atoms with E-state index in [1.807, 2.05) is 23.1 Å². The summed E-state index contributed by atoms with van der Waals surface area (Å²) in [4.78, 5) is 14.6. The first-order valence-corrected chi connectivity index (χ1v) is 7.34. The molecule has 1 aliphatic rings. The lowest BCUT2D eigenvalue weighted by molar-refractivity contribution is -0.137. The number of nitrogens with zero attached hydrogens (tertiary/aromatic N) is 1. The van der Waals surface area contributed by atoms with Gasteiger partial charge in [-0.15, -0.1) is 0 Å². The van der Waals surface area contributed by atoms with Gasteiger partial charge in [-0.1, -0.05) is 37.3 Å². The van der Waals surface area contributed by atoms with E-state index < -0.39 is 0 Å². The van der Waals surface area contributed by atoms with Crippen LogP contribution in [0.3, 0.4) is 0 Å². The zero-order valence-electron chi connectivity index (χ0n) is 11.8. The van der Waals surface area contributed by atoms with E-state index in [1.165, 1.54) is 5.56 Å². The lowest BCUT2D eigenvalue weighted by atomic mass is 9.96. The summed E-state index contributed by atoms with van der Waals surface area (Å²) in [5.41, 5.74) is 1.22. The van der Waals surface area contributed by atoms with Gasteiger partial charge in [0.15, 0.2) is 0 Å². The predicted octanol–water partition coefficient (Wildman–Crippen LogP) is 2.42. The lowest BCUT2D eigenvalue weighted by Crippen LogP contribution is -2.41. The van der Waals surface area contributed by atoms with Crippen LogP contribution in [-0.2, 0) is 11.3 Å². The van der Waals surface area contributed by atoms with Crippen molar-refractivity contribution in [2.24, 2.45) is 5.92 Å². The second-order valence-corrected chi connectivity index (χ2v) is 5.27. The van der Waals surface area contributed by atoms with Gasteiger partial charge in [-0.3, -0.25) is 4.79 Å². The molecule has 0 atom stereocenters. The van der Waals surface area contributed by atoms with E-state index in [4.69, 9.17) is 0 Å². The van der Waals surface area contributed by atoms with Crippen molar-refractivity contribution < 1.29 is 4.79 Å².